The highest BCUT2D eigenvalue weighted by molar-refractivity contribution is 7.92. The Bertz CT molecular complexity index is 1110. The van der Waals surface area contributed by atoms with Crippen molar-refractivity contribution in [3.05, 3.63) is 60.1 Å². The Morgan fingerprint density at radius 3 is 2.61 bits per heavy atom. The third kappa shape index (κ3) is 4.80. The molecule has 1 aliphatic rings. The topological polar surface area (TPSA) is 92.5 Å². The zero-order chi connectivity index (χ0) is 21.8. The molecular weight excluding hydrogens is 414 g/mol. The van der Waals surface area contributed by atoms with Crippen LogP contribution in [0.15, 0.2) is 58.1 Å². The summed E-state index contributed by atoms with van der Waals surface area (Å²) in [4.78, 5) is 19.0. The second-order valence-electron chi connectivity index (χ2n) is 7.94. The number of nitrogens with zero attached hydrogens (tertiary/aromatic N) is 2. The van der Waals surface area contributed by atoms with Crippen LogP contribution in [0.1, 0.15) is 42.3 Å². The van der Waals surface area contributed by atoms with Gasteiger partial charge in [-0.3, -0.25) is 9.78 Å². The van der Waals surface area contributed by atoms with E-state index in [1.54, 1.807) is 48.8 Å². The first kappa shape index (κ1) is 21.5. The van der Waals surface area contributed by atoms with Crippen molar-refractivity contribution in [2.24, 2.45) is 0 Å². The highest BCUT2D eigenvalue weighted by atomic mass is 32.2. The number of rotatable bonds is 7. The molecule has 0 spiro atoms. The molecular formula is C23H27N3O4S. The standard InChI is InChI=1S/C23H27N3O4S/c1-2-11-26-12-8-20(9-13-26)31(28,29)19-5-3-17(4-6-19)15-25-23(27)21-14-18-7-10-24-16-22(18)30-21/h3-7,10,14,16,20H,2,8-9,11-13,15H2,1H3,(H,25,27). The van der Waals surface area contributed by atoms with Gasteiger partial charge in [0.05, 0.1) is 16.3 Å². The number of benzene rings is 1. The number of likely N-dealkylation sites (tertiary alicyclic amines) is 1. The maximum atomic E-state index is 13.0. The number of carbonyl (C=O) groups is 1. The molecule has 31 heavy (non-hydrogen) atoms. The van der Waals surface area contributed by atoms with E-state index in [0.717, 1.165) is 37.0 Å². The van der Waals surface area contributed by atoms with Crippen LogP contribution >= 0.6 is 0 Å². The SMILES string of the molecule is CCCN1CCC(S(=O)(=O)c2ccc(CNC(=O)c3cc4ccncc4o3)cc2)CC1. The van der Waals surface area contributed by atoms with Gasteiger partial charge in [0.2, 0.25) is 0 Å². The van der Waals surface area contributed by atoms with E-state index in [4.69, 9.17) is 4.42 Å². The second kappa shape index (κ2) is 9.20. The summed E-state index contributed by atoms with van der Waals surface area (Å²) >= 11 is 0. The summed E-state index contributed by atoms with van der Waals surface area (Å²) in [6.07, 6.45) is 5.64. The Morgan fingerprint density at radius 2 is 1.94 bits per heavy atom. The van der Waals surface area contributed by atoms with Crippen molar-refractivity contribution >= 4 is 26.7 Å². The number of sulfone groups is 1. The lowest BCUT2D eigenvalue weighted by Crippen LogP contribution is -2.39. The van der Waals surface area contributed by atoms with Crippen LogP contribution in [-0.2, 0) is 16.4 Å². The fraction of sp³-hybridized carbons (Fsp3) is 0.391. The molecule has 1 amide bonds. The van der Waals surface area contributed by atoms with Gasteiger partial charge in [-0.25, -0.2) is 8.42 Å². The maximum Gasteiger partial charge on any atom is 0.287 e. The molecule has 3 heterocycles. The molecule has 3 aromatic rings. The number of hydrogen-bond donors (Lipinski definition) is 1. The summed E-state index contributed by atoms with van der Waals surface area (Å²) in [7, 11) is -3.34. The number of hydrogen-bond acceptors (Lipinski definition) is 6. The molecule has 2 aromatic heterocycles. The van der Waals surface area contributed by atoms with E-state index in [9.17, 15) is 13.2 Å². The minimum absolute atomic E-state index is 0.219. The number of amides is 1. The quantitative estimate of drug-likeness (QED) is 0.604. The molecule has 1 saturated heterocycles. The van der Waals surface area contributed by atoms with Crippen LogP contribution in [0.25, 0.3) is 11.0 Å². The Morgan fingerprint density at radius 1 is 1.19 bits per heavy atom. The van der Waals surface area contributed by atoms with Crippen LogP contribution in [0.4, 0.5) is 0 Å². The Hall–Kier alpha value is -2.71. The van der Waals surface area contributed by atoms with E-state index in [2.05, 4.69) is 22.1 Å². The number of carbonyl (C=O) groups excluding carboxylic acids is 1. The van der Waals surface area contributed by atoms with E-state index >= 15 is 0 Å². The predicted octanol–water partition coefficient (Wildman–Crippen LogP) is 3.41. The average Bonchev–Trinajstić information content (AvgIpc) is 3.23. The van der Waals surface area contributed by atoms with Gasteiger partial charge in [0.25, 0.3) is 5.91 Å². The second-order valence-corrected chi connectivity index (χ2v) is 10.2. The third-order valence-electron chi connectivity index (χ3n) is 5.76. The molecule has 0 radical (unpaired) electrons. The molecule has 8 heteroatoms. The normalized spacial score (nSPS) is 15.9. The van der Waals surface area contributed by atoms with E-state index in [0.29, 0.717) is 23.3 Å². The van der Waals surface area contributed by atoms with Crippen LogP contribution in [0.3, 0.4) is 0 Å². The molecule has 1 fully saturated rings. The summed E-state index contributed by atoms with van der Waals surface area (Å²) < 4.78 is 31.5. The number of nitrogens with one attached hydrogen (secondary N) is 1. The number of piperidine rings is 1. The third-order valence-corrected chi connectivity index (χ3v) is 8.04. The van der Waals surface area contributed by atoms with Gasteiger partial charge in [-0.2, -0.15) is 0 Å². The zero-order valence-electron chi connectivity index (χ0n) is 17.6. The van der Waals surface area contributed by atoms with Crippen molar-refractivity contribution in [3.63, 3.8) is 0 Å². The van der Waals surface area contributed by atoms with Crippen molar-refractivity contribution in [1.29, 1.82) is 0 Å². The molecule has 1 aliphatic heterocycles. The van der Waals surface area contributed by atoms with Gasteiger partial charge in [-0.05, 0) is 68.7 Å². The van der Waals surface area contributed by atoms with Gasteiger partial charge in [-0.15, -0.1) is 0 Å². The first-order valence-corrected chi connectivity index (χ1v) is 12.2. The van der Waals surface area contributed by atoms with Gasteiger partial charge < -0.3 is 14.6 Å². The maximum absolute atomic E-state index is 13.0. The number of fused-ring (bicyclic) bond motifs is 1. The fourth-order valence-corrected chi connectivity index (χ4v) is 5.75. The van der Waals surface area contributed by atoms with Gasteiger partial charge in [0.1, 0.15) is 0 Å². The highest BCUT2D eigenvalue weighted by Gasteiger charge is 2.31. The average molecular weight is 442 g/mol. The number of aromatic nitrogens is 1. The molecule has 1 N–H and O–H groups in total. The van der Waals surface area contributed by atoms with Gasteiger partial charge in [-0.1, -0.05) is 19.1 Å². The number of pyridine rings is 1. The zero-order valence-corrected chi connectivity index (χ0v) is 18.4. The summed E-state index contributed by atoms with van der Waals surface area (Å²) in [6, 6.07) is 10.2. The lowest BCUT2D eigenvalue weighted by Gasteiger charge is -2.31. The fourth-order valence-electron chi connectivity index (χ4n) is 4.01. The lowest BCUT2D eigenvalue weighted by molar-refractivity contribution is 0.0925. The molecule has 1 aromatic carbocycles. The first-order valence-electron chi connectivity index (χ1n) is 10.6. The largest absolute Gasteiger partial charge is 0.449 e. The smallest absolute Gasteiger partial charge is 0.287 e. The molecule has 4 rings (SSSR count). The van der Waals surface area contributed by atoms with Crippen LogP contribution in [0, 0.1) is 0 Å². The van der Waals surface area contributed by atoms with Crippen molar-refractivity contribution < 1.29 is 17.6 Å². The Labute approximate surface area is 182 Å². The van der Waals surface area contributed by atoms with E-state index in [1.807, 2.05) is 0 Å². The summed E-state index contributed by atoms with van der Waals surface area (Å²) in [5.74, 6) is -0.108. The Balaban J connectivity index is 1.36. The lowest BCUT2D eigenvalue weighted by atomic mass is 10.1. The molecule has 0 bridgehead atoms. The minimum Gasteiger partial charge on any atom is -0.449 e. The van der Waals surface area contributed by atoms with Crippen molar-refractivity contribution in [2.45, 2.75) is 42.9 Å². The predicted molar refractivity (Wildman–Crippen MR) is 119 cm³/mol. The summed E-state index contributed by atoms with van der Waals surface area (Å²) in [5, 5.41) is 3.30. The molecule has 7 nitrogen and oxygen atoms in total. The van der Waals surface area contributed by atoms with Gasteiger partial charge >= 0.3 is 0 Å². The monoisotopic (exact) mass is 441 g/mol. The number of furan rings is 1. The molecule has 0 unspecified atom stereocenters. The molecule has 0 saturated carbocycles. The van der Waals surface area contributed by atoms with Gasteiger partial charge in [0, 0.05) is 18.1 Å². The first-order chi connectivity index (χ1) is 15.0. The summed E-state index contributed by atoms with van der Waals surface area (Å²) in [5.41, 5.74) is 1.38. The molecule has 0 aliphatic carbocycles. The van der Waals surface area contributed by atoms with E-state index in [-0.39, 0.29) is 23.5 Å². The summed E-state index contributed by atoms with van der Waals surface area (Å²) in [6.45, 7) is 5.11. The molecule has 164 valence electrons. The van der Waals surface area contributed by atoms with Gasteiger partial charge in [0.15, 0.2) is 21.2 Å². The van der Waals surface area contributed by atoms with Crippen molar-refractivity contribution in [1.82, 2.24) is 15.2 Å². The van der Waals surface area contributed by atoms with E-state index in [1.165, 1.54) is 0 Å². The minimum atomic E-state index is -3.34. The van der Waals surface area contributed by atoms with Crippen LogP contribution < -0.4 is 5.32 Å². The van der Waals surface area contributed by atoms with Crippen molar-refractivity contribution in [2.75, 3.05) is 19.6 Å². The van der Waals surface area contributed by atoms with Crippen LogP contribution in [-0.4, -0.2) is 49.1 Å². The highest BCUT2D eigenvalue weighted by Crippen LogP contribution is 2.25. The van der Waals surface area contributed by atoms with Crippen molar-refractivity contribution in [3.8, 4) is 0 Å². The Kier molecular flexibility index (Phi) is 6.38. The molecule has 0 atom stereocenters. The van der Waals surface area contributed by atoms with E-state index < -0.39 is 9.84 Å². The van der Waals surface area contributed by atoms with Crippen LogP contribution in [0.5, 0.6) is 0 Å². The van der Waals surface area contributed by atoms with Crippen LogP contribution in [0.2, 0.25) is 0 Å².